The number of benzene rings is 1. The molecule has 1 aromatic rings. The third-order valence-electron chi connectivity index (χ3n) is 10.8. The van der Waals surface area contributed by atoms with Crippen molar-refractivity contribution in [2.45, 2.75) is 128 Å². The van der Waals surface area contributed by atoms with E-state index in [1.807, 2.05) is 14.1 Å². The SMILES string of the molecule is C=CC1(C)CCC(C)(C)c2cc(C3=C(C)CC(C4CCCC(CCCCCCC(=O)N(C)C)CC4)=CC=C3)ccc21. The first-order valence-electron chi connectivity index (χ1n) is 16.6. The summed E-state index contributed by atoms with van der Waals surface area (Å²) in [7, 11) is 3.71. The fraction of sp³-hybridized carbons (Fsp3) is 0.615. The van der Waals surface area contributed by atoms with Crippen molar-refractivity contribution in [3.8, 4) is 0 Å². The minimum absolute atomic E-state index is 0.0740. The molecule has 41 heavy (non-hydrogen) atoms. The molecule has 0 aromatic heterocycles. The number of fused-ring (bicyclic) bond motifs is 1. The van der Waals surface area contributed by atoms with Crippen LogP contribution >= 0.6 is 0 Å². The van der Waals surface area contributed by atoms with Crippen LogP contribution in [-0.2, 0) is 15.6 Å². The van der Waals surface area contributed by atoms with Gasteiger partial charge in [0.15, 0.2) is 0 Å². The number of hydrogen-bond acceptors (Lipinski definition) is 1. The van der Waals surface area contributed by atoms with Crippen LogP contribution in [0.15, 0.2) is 60.2 Å². The molecule has 0 radical (unpaired) electrons. The normalized spacial score (nSPS) is 26.0. The van der Waals surface area contributed by atoms with Gasteiger partial charge in [0, 0.05) is 25.9 Å². The van der Waals surface area contributed by atoms with Gasteiger partial charge in [-0.2, -0.15) is 0 Å². The molecule has 1 saturated carbocycles. The highest BCUT2D eigenvalue weighted by Crippen LogP contribution is 2.47. The van der Waals surface area contributed by atoms with Crippen LogP contribution in [0.2, 0.25) is 0 Å². The van der Waals surface area contributed by atoms with E-state index in [1.54, 1.807) is 10.5 Å². The zero-order valence-corrected chi connectivity index (χ0v) is 27.2. The van der Waals surface area contributed by atoms with Gasteiger partial charge in [-0.05, 0) is 91.4 Å². The molecule has 4 rings (SSSR count). The Balaban J connectivity index is 1.34. The first-order chi connectivity index (χ1) is 19.5. The second kappa shape index (κ2) is 13.7. The van der Waals surface area contributed by atoms with Crippen molar-refractivity contribution in [2.75, 3.05) is 14.1 Å². The van der Waals surface area contributed by atoms with Crippen molar-refractivity contribution < 1.29 is 4.79 Å². The van der Waals surface area contributed by atoms with Crippen molar-refractivity contribution in [2.24, 2.45) is 11.8 Å². The van der Waals surface area contributed by atoms with Crippen LogP contribution in [0.5, 0.6) is 0 Å². The second-order valence-corrected chi connectivity index (χ2v) is 14.5. The molecule has 2 heteroatoms. The number of nitrogens with zero attached hydrogens (tertiary/aromatic N) is 1. The Kier molecular flexibility index (Phi) is 10.6. The van der Waals surface area contributed by atoms with Crippen LogP contribution in [0.1, 0.15) is 134 Å². The highest BCUT2D eigenvalue weighted by atomic mass is 16.2. The van der Waals surface area contributed by atoms with Crippen LogP contribution < -0.4 is 0 Å². The lowest BCUT2D eigenvalue weighted by atomic mass is 9.62. The summed E-state index contributed by atoms with van der Waals surface area (Å²) in [5, 5.41) is 0. The lowest BCUT2D eigenvalue weighted by molar-refractivity contribution is -0.128. The monoisotopic (exact) mass is 555 g/mol. The number of allylic oxidation sites excluding steroid dienone is 7. The molecular formula is C39H57NO. The van der Waals surface area contributed by atoms with Gasteiger partial charge in [-0.15, -0.1) is 6.58 Å². The molecule has 0 spiro atoms. The summed E-state index contributed by atoms with van der Waals surface area (Å²) in [5.74, 6) is 1.88. The summed E-state index contributed by atoms with van der Waals surface area (Å²) in [6, 6.07) is 7.27. The molecule has 1 fully saturated rings. The molecule has 3 unspecified atom stereocenters. The van der Waals surface area contributed by atoms with Crippen LogP contribution in [0, 0.1) is 11.8 Å². The smallest absolute Gasteiger partial charge is 0.222 e. The third kappa shape index (κ3) is 7.74. The maximum Gasteiger partial charge on any atom is 0.222 e. The van der Waals surface area contributed by atoms with Crippen molar-refractivity contribution >= 4 is 11.5 Å². The maximum absolute atomic E-state index is 11.8. The molecule has 0 aliphatic heterocycles. The van der Waals surface area contributed by atoms with E-state index in [4.69, 9.17) is 0 Å². The highest BCUT2D eigenvalue weighted by molar-refractivity contribution is 5.79. The van der Waals surface area contributed by atoms with Gasteiger partial charge in [0.05, 0.1) is 0 Å². The second-order valence-electron chi connectivity index (χ2n) is 14.5. The summed E-state index contributed by atoms with van der Waals surface area (Å²) < 4.78 is 0. The fourth-order valence-corrected chi connectivity index (χ4v) is 7.64. The number of amides is 1. The number of carbonyl (C=O) groups excluding carboxylic acids is 1. The first-order valence-corrected chi connectivity index (χ1v) is 16.6. The van der Waals surface area contributed by atoms with E-state index in [2.05, 4.69) is 76.8 Å². The fourth-order valence-electron chi connectivity index (χ4n) is 7.64. The minimum Gasteiger partial charge on any atom is -0.349 e. The third-order valence-corrected chi connectivity index (χ3v) is 10.8. The Labute approximate surface area is 252 Å². The minimum atomic E-state index is 0.0740. The largest absolute Gasteiger partial charge is 0.349 e. The van der Waals surface area contributed by atoms with E-state index < -0.39 is 0 Å². The molecule has 3 atom stereocenters. The summed E-state index contributed by atoms with van der Waals surface area (Å²) >= 11 is 0. The lowest BCUT2D eigenvalue weighted by Gasteiger charge is -2.42. The number of unbranched alkanes of at least 4 members (excludes halogenated alkanes) is 3. The predicted octanol–water partition coefficient (Wildman–Crippen LogP) is 10.5. The standard InChI is InChI=1S/C39H57NO/c1-8-39(5)26-25-38(3,4)36-28-33(23-24-35(36)39)34-19-14-18-32(27-29(34)2)31-17-13-16-30(21-22-31)15-11-9-10-12-20-37(41)40(6)7/h8,14,18-19,23-24,28,30-31H,1,9-13,15-17,20-22,25-27H2,2-7H3. The van der Waals surface area contributed by atoms with Crippen LogP contribution in [0.25, 0.3) is 5.57 Å². The van der Waals surface area contributed by atoms with Crippen molar-refractivity contribution in [3.05, 3.63) is 76.9 Å². The number of carbonyl (C=O) groups is 1. The van der Waals surface area contributed by atoms with Gasteiger partial charge >= 0.3 is 0 Å². The average molecular weight is 556 g/mol. The first kappa shape index (κ1) is 31.6. The van der Waals surface area contributed by atoms with Gasteiger partial charge in [0.2, 0.25) is 5.91 Å². The van der Waals surface area contributed by atoms with Gasteiger partial charge in [-0.25, -0.2) is 0 Å². The van der Waals surface area contributed by atoms with E-state index in [0.717, 1.165) is 24.7 Å². The molecule has 0 heterocycles. The summed E-state index contributed by atoms with van der Waals surface area (Å²) in [4.78, 5) is 13.5. The van der Waals surface area contributed by atoms with Gasteiger partial charge in [0.25, 0.3) is 0 Å². The predicted molar refractivity (Wildman–Crippen MR) is 177 cm³/mol. The zero-order valence-electron chi connectivity index (χ0n) is 27.2. The zero-order chi connectivity index (χ0) is 29.6. The Hall–Kier alpha value is -2.35. The number of hydrogen-bond donors (Lipinski definition) is 0. The van der Waals surface area contributed by atoms with Gasteiger partial charge in [-0.3, -0.25) is 4.79 Å². The van der Waals surface area contributed by atoms with E-state index in [0.29, 0.717) is 6.42 Å². The maximum atomic E-state index is 11.8. The summed E-state index contributed by atoms with van der Waals surface area (Å²) in [5.41, 5.74) is 9.20. The highest BCUT2D eigenvalue weighted by Gasteiger charge is 2.38. The van der Waals surface area contributed by atoms with E-state index >= 15 is 0 Å². The Morgan fingerprint density at radius 1 is 1.00 bits per heavy atom. The molecule has 0 N–H and O–H groups in total. The average Bonchev–Trinajstić information content (AvgIpc) is 3.30. The van der Waals surface area contributed by atoms with Crippen molar-refractivity contribution in [1.29, 1.82) is 0 Å². The summed E-state index contributed by atoms with van der Waals surface area (Å²) in [6.45, 7) is 13.7. The van der Waals surface area contributed by atoms with Gasteiger partial charge in [0.1, 0.15) is 0 Å². The van der Waals surface area contributed by atoms with E-state index in [1.165, 1.54) is 98.5 Å². The molecule has 0 bridgehead atoms. The molecule has 1 amide bonds. The molecule has 224 valence electrons. The van der Waals surface area contributed by atoms with Crippen molar-refractivity contribution in [3.63, 3.8) is 0 Å². The quantitative estimate of drug-likeness (QED) is 0.160. The molecule has 3 aliphatic rings. The van der Waals surface area contributed by atoms with Crippen molar-refractivity contribution in [1.82, 2.24) is 4.90 Å². The topological polar surface area (TPSA) is 20.3 Å². The summed E-state index contributed by atoms with van der Waals surface area (Å²) in [6.07, 6.45) is 26.5. The Morgan fingerprint density at radius 3 is 2.54 bits per heavy atom. The van der Waals surface area contributed by atoms with Crippen LogP contribution in [0.4, 0.5) is 0 Å². The van der Waals surface area contributed by atoms with Crippen LogP contribution in [0.3, 0.4) is 0 Å². The molecule has 1 aromatic carbocycles. The Morgan fingerprint density at radius 2 is 1.78 bits per heavy atom. The van der Waals surface area contributed by atoms with E-state index in [9.17, 15) is 4.79 Å². The molecule has 2 nitrogen and oxygen atoms in total. The number of rotatable bonds is 10. The lowest BCUT2D eigenvalue weighted by Crippen LogP contribution is -2.34. The molecular weight excluding hydrogens is 498 g/mol. The molecule has 3 aliphatic carbocycles. The Bertz CT molecular complexity index is 1180. The van der Waals surface area contributed by atoms with Gasteiger partial charge in [-0.1, -0.05) is 113 Å². The van der Waals surface area contributed by atoms with Crippen LogP contribution in [-0.4, -0.2) is 24.9 Å². The van der Waals surface area contributed by atoms with Gasteiger partial charge < -0.3 is 4.90 Å². The molecule has 0 saturated heterocycles. The van der Waals surface area contributed by atoms with E-state index in [-0.39, 0.29) is 16.7 Å².